The first-order valence-corrected chi connectivity index (χ1v) is 25.2. The van der Waals surface area contributed by atoms with Crippen LogP contribution in [-0.2, 0) is 42.7 Å². The van der Waals surface area contributed by atoms with E-state index in [-0.39, 0.29) is 12.6 Å². The van der Waals surface area contributed by atoms with Crippen LogP contribution in [0, 0.1) is 5.92 Å². The average Bonchev–Trinajstić information content (AvgIpc) is 2.94. The number of hydrogen-bond donors (Lipinski definition) is 27. The minimum absolute atomic E-state index is 0.230. The van der Waals surface area contributed by atoms with Crippen molar-refractivity contribution in [3.05, 3.63) is 0 Å². The second-order valence-electron chi connectivity index (χ2n) is 20.5. The zero-order valence-corrected chi connectivity index (χ0v) is 43.6. The maximum absolute atomic E-state index is 13.5. The molecule has 32 unspecified atom stereocenters. The fourth-order valence-corrected chi connectivity index (χ4v) is 11.3. The van der Waals surface area contributed by atoms with Crippen LogP contribution in [0.25, 0.3) is 0 Å². The van der Waals surface area contributed by atoms with Crippen molar-refractivity contribution in [1.29, 1.82) is 0 Å². The molecule has 35 N–H and O–H groups in total. The second kappa shape index (κ2) is 26.7. The third-order valence-electron chi connectivity index (χ3n) is 15.4. The summed E-state index contributed by atoms with van der Waals surface area (Å²) < 4.78 is 41.7. The van der Waals surface area contributed by atoms with Gasteiger partial charge in [-0.05, 0) is 14.1 Å². The molecule has 82 heavy (non-hydrogen) atoms. The van der Waals surface area contributed by atoms with Crippen molar-refractivity contribution in [2.75, 3.05) is 27.3 Å². The topological polar surface area (TPSA) is 716 Å². The number of ether oxygens (including phenoxy) is 7. The summed E-state index contributed by atoms with van der Waals surface area (Å²) in [6.45, 7) is -1.98. The molecule has 4 saturated heterocycles. The van der Waals surface area contributed by atoms with Crippen LogP contribution in [0.2, 0.25) is 0 Å². The molecular weight excluding hydrogens is 1110 g/mol. The van der Waals surface area contributed by atoms with Crippen molar-refractivity contribution in [2.45, 2.75) is 189 Å². The standard InChI is InChI=1S/C42H77N15O25/c1-51-12-22(68)16(62)7(3-58)76-26(12)9-34(78-27-13(55-39(47)48)18(64)10(53-37(43)44)20(66)24(27)70)80-29(41(9,74)5-60)32(72)57-33(73)30-42(75,6-61)31(82-35-15(52-2)23(69)17(63)8(4-59)77-35)36(81-30)79-28-14(56-40(49)50)19(65)11(54-38(45)46)21(67)25(28)71/h5-36,51-52,57-59,62-75H,3-4H2,1-2H3,(H4,43,44,53)(H4,45,46,54)(H4,47,48,55)(H4,49,50,56). The van der Waals surface area contributed by atoms with Crippen LogP contribution >= 0.6 is 0 Å². The van der Waals surface area contributed by atoms with Crippen LogP contribution in [0.3, 0.4) is 0 Å². The summed E-state index contributed by atoms with van der Waals surface area (Å²) in [5.41, 5.74) is 38.0. The van der Waals surface area contributed by atoms with E-state index in [0.29, 0.717) is 0 Å². The summed E-state index contributed by atoms with van der Waals surface area (Å²) in [6, 6.07) is -10.3. The van der Waals surface area contributed by atoms with E-state index in [0.717, 1.165) is 0 Å². The number of likely N-dealkylation sites (N-methyl/N-ethyl adjacent to an activating group) is 2. The van der Waals surface area contributed by atoms with Gasteiger partial charge < -0.3 is 176 Å². The van der Waals surface area contributed by atoms with Gasteiger partial charge in [-0.15, -0.1) is 0 Å². The Morgan fingerprint density at radius 3 is 1.30 bits per heavy atom. The van der Waals surface area contributed by atoms with Gasteiger partial charge >= 0.3 is 0 Å². The smallest absolute Gasteiger partial charge is 0.188 e. The van der Waals surface area contributed by atoms with Crippen molar-refractivity contribution in [1.82, 2.24) is 16.0 Å². The Morgan fingerprint density at radius 1 is 0.500 bits per heavy atom. The second-order valence-corrected chi connectivity index (χ2v) is 20.5. The van der Waals surface area contributed by atoms with E-state index < -0.39 is 232 Å². The molecule has 40 nitrogen and oxygen atoms in total. The zero-order valence-electron chi connectivity index (χ0n) is 43.6. The summed E-state index contributed by atoms with van der Waals surface area (Å²) >= 11 is 0. The lowest BCUT2D eigenvalue weighted by Gasteiger charge is -2.48. The SMILES string of the molecule is CNC1C(OC2C(OC3C(O)C(O)C(N=C(N)N)C(O)C3N=C(N)N)OC(C(O)NC(O)C3OC(OC4C(O)C(O)C(N=C(N)N)C(O)C4N=C(N)N)C(C4OC(CO)C(O)C(O)C4NC)C3(O)C=O)C2(O)C=O)OC(CO)C(O)C1O. The average molecular weight is 1190 g/mol. The van der Waals surface area contributed by atoms with Crippen LogP contribution in [0.5, 0.6) is 0 Å². The number of aliphatic hydroxyl groups excluding tert-OH is 14. The van der Waals surface area contributed by atoms with E-state index >= 15 is 0 Å². The highest BCUT2D eigenvalue weighted by molar-refractivity contribution is 5.77. The highest BCUT2D eigenvalue weighted by Gasteiger charge is 2.68. The Hall–Kier alpha value is -4.62. The molecule has 2 aliphatic carbocycles. The number of nitrogens with one attached hydrogen (secondary N) is 3. The molecule has 0 bridgehead atoms. The summed E-state index contributed by atoms with van der Waals surface area (Å²) in [6.07, 6.45) is -49.7. The van der Waals surface area contributed by atoms with Gasteiger partial charge in [0.1, 0.15) is 140 Å². The molecule has 470 valence electrons. The van der Waals surface area contributed by atoms with Crippen molar-refractivity contribution >= 4 is 36.4 Å². The molecule has 0 radical (unpaired) electrons. The zero-order chi connectivity index (χ0) is 61.4. The minimum Gasteiger partial charge on any atom is -0.394 e. The maximum atomic E-state index is 13.5. The number of aldehydes is 2. The van der Waals surface area contributed by atoms with E-state index in [4.69, 9.17) is 79.0 Å². The quantitative estimate of drug-likeness (QED) is 0.0220. The van der Waals surface area contributed by atoms with Crippen LogP contribution in [0.4, 0.5) is 0 Å². The van der Waals surface area contributed by atoms with Gasteiger partial charge in [-0.2, -0.15) is 0 Å². The molecule has 0 aromatic carbocycles. The van der Waals surface area contributed by atoms with E-state index in [2.05, 4.69) is 35.9 Å². The third kappa shape index (κ3) is 12.7. The van der Waals surface area contributed by atoms with Gasteiger partial charge in [0.15, 0.2) is 66.5 Å². The summed E-state index contributed by atoms with van der Waals surface area (Å²) in [4.78, 5) is 42.2. The lowest BCUT2D eigenvalue weighted by atomic mass is 9.75. The Balaban J connectivity index is 1.42. The van der Waals surface area contributed by atoms with Gasteiger partial charge in [-0.1, -0.05) is 0 Å². The fourth-order valence-electron chi connectivity index (χ4n) is 11.3. The van der Waals surface area contributed by atoms with Gasteiger partial charge in [-0.3, -0.25) is 10.1 Å². The lowest BCUT2D eigenvalue weighted by Crippen LogP contribution is -2.69. The molecule has 2 saturated carbocycles. The maximum Gasteiger partial charge on any atom is 0.188 e. The van der Waals surface area contributed by atoms with Crippen LogP contribution in [-0.4, -0.2) is 334 Å². The Morgan fingerprint density at radius 2 is 0.890 bits per heavy atom. The number of rotatable bonds is 21. The number of hydrogen-bond acceptors (Lipinski definition) is 32. The number of nitrogens with zero attached hydrogens (tertiary/aromatic N) is 4. The Labute approximate surface area is 463 Å². The highest BCUT2D eigenvalue weighted by Crippen LogP contribution is 2.46. The largest absolute Gasteiger partial charge is 0.394 e. The van der Waals surface area contributed by atoms with E-state index in [1.165, 1.54) is 14.1 Å². The molecule has 32 atom stereocenters. The molecule has 4 aliphatic heterocycles. The normalized spacial score (nSPS) is 47.6. The molecule has 6 rings (SSSR count). The Kier molecular flexibility index (Phi) is 21.7. The van der Waals surface area contributed by atoms with E-state index in [1.807, 2.05) is 0 Å². The predicted octanol–water partition coefficient (Wildman–Crippen LogP) is -18.8. The minimum atomic E-state index is -3.36. The van der Waals surface area contributed by atoms with Gasteiger partial charge in [0.25, 0.3) is 0 Å². The monoisotopic (exact) mass is 1190 g/mol. The van der Waals surface area contributed by atoms with Gasteiger partial charge in [-0.25, -0.2) is 20.0 Å². The number of aliphatic imine (C=N–C) groups is 4. The van der Waals surface area contributed by atoms with Gasteiger partial charge in [0, 0.05) is 0 Å². The number of carbonyl (C=O) groups is 2. The van der Waals surface area contributed by atoms with Crippen LogP contribution in [0.15, 0.2) is 20.0 Å². The first kappa shape index (κ1) is 66.5. The van der Waals surface area contributed by atoms with Crippen molar-refractivity contribution in [3.8, 4) is 0 Å². The summed E-state index contributed by atoms with van der Waals surface area (Å²) in [5.74, 6) is -5.04. The molecule has 0 aromatic rings. The molecule has 0 amide bonds. The van der Waals surface area contributed by atoms with Gasteiger partial charge in [0.05, 0.1) is 37.3 Å². The van der Waals surface area contributed by atoms with Crippen LogP contribution in [0.1, 0.15) is 0 Å². The lowest BCUT2D eigenvalue weighted by molar-refractivity contribution is -0.314. The molecule has 0 aromatic heterocycles. The van der Waals surface area contributed by atoms with Crippen LogP contribution < -0.4 is 61.8 Å². The number of carbonyl (C=O) groups excluding carboxylic acids is 2. The van der Waals surface area contributed by atoms with Crippen molar-refractivity contribution in [2.24, 2.45) is 71.8 Å². The summed E-state index contributed by atoms with van der Waals surface area (Å²) in [5, 5.41) is 189. The van der Waals surface area contributed by atoms with E-state index in [9.17, 15) is 91.3 Å². The van der Waals surface area contributed by atoms with Gasteiger partial charge in [0.2, 0.25) is 0 Å². The molecule has 6 fully saturated rings. The van der Waals surface area contributed by atoms with Crippen molar-refractivity contribution in [3.63, 3.8) is 0 Å². The van der Waals surface area contributed by atoms with Crippen molar-refractivity contribution < 1.29 is 124 Å². The number of aliphatic hydroxyl groups is 16. The number of guanidine groups is 4. The molecular formula is C42H77N15O25. The molecule has 4 heterocycles. The molecule has 40 heteroatoms. The molecule has 0 spiro atoms. The van der Waals surface area contributed by atoms with E-state index in [1.54, 1.807) is 0 Å². The first-order chi connectivity index (χ1) is 38.4. The first-order valence-electron chi connectivity index (χ1n) is 25.2. The highest BCUT2D eigenvalue weighted by atomic mass is 16.8. The fraction of sp³-hybridized carbons (Fsp3) is 0.857. The Bertz CT molecular complexity index is 2280. The predicted molar refractivity (Wildman–Crippen MR) is 268 cm³/mol. The number of nitrogens with two attached hydrogens (primary N) is 8. The molecule has 6 aliphatic rings. The third-order valence-corrected chi connectivity index (χ3v) is 15.4. The summed E-state index contributed by atoms with van der Waals surface area (Å²) in [7, 11) is 2.47.